The fourth-order valence-corrected chi connectivity index (χ4v) is 1.34. The highest BCUT2D eigenvalue weighted by molar-refractivity contribution is 4.93. The highest BCUT2D eigenvalue weighted by Crippen LogP contribution is 2.16. The molecule has 0 heterocycles. The van der Waals surface area contributed by atoms with Gasteiger partial charge in [-0.1, -0.05) is 44.4 Å². The Morgan fingerprint density at radius 2 is 1.85 bits per heavy atom. The summed E-state index contributed by atoms with van der Waals surface area (Å²) in [5.74, 6) is 0.708. The molecule has 0 amide bonds. The van der Waals surface area contributed by atoms with Crippen LogP contribution in [-0.4, -0.2) is 0 Å². The molecule has 1 atom stereocenters. The second-order valence-corrected chi connectivity index (χ2v) is 4.03. The molecule has 0 saturated carbocycles. The summed E-state index contributed by atoms with van der Waals surface area (Å²) in [6.45, 7) is 12.1. The van der Waals surface area contributed by atoms with Crippen LogP contribution >= 0.6 is 0 Å². The summed E-state index contributed by atoms with van der Waals surface area (Å²) in [4.78, 5) is 0. The lowest BCUT2D eigenvalue weighted by Gasteiger charge is -2.09. The Kier molecular flexibility index (Phi) is 7.77. The van der Waals surface area contributed by atoms with E-state index in [0.717, 1.165) is 0 Å². The van der Waals surface area contributed by atoms with E-state index in [0.29, 0.717) is 5.92 Å². The highest BCUT2D eigenvalue weighted by atomic mass is 14.1. The Morgan fingerprint density at radius 3 is 2.38 bits per heavy atom. The van der Waals surface area contributed by atoms with E-state index in [1.165, 1.54) is 44.1 Å². The topological polar surface area (TPSA) is 0 Å². The smallest absolute Gasteiger partial charge is 0.0237 e. The molecule has 0 aromatic heterocycles. The summed E-state index contributed by atoms with van der Waals surface area (Å²) in [6.07, 6.45) is 9.88. The number of hydrogen-bond acceptors (Lipinski definition) is 0. The van der Waals surface area contributed by atoms with Crippen LogP contribution in [0.15, 0.2) is 24.8 Å². The van der Waals surface area contributed by atoms with Crippen molar-refractivity contribution in [3.63, 3.8) is 0 Å². The Hall–Kier alpha value is -0.520. The van der Waals surface area contributed by atoms with Crippen LogP contribution in [0.5, 0.6) is 0 Å². The lowest BCUT2D eigenvalue weighted by atomic mass is 9.97. The lowest BCUT2D eigenvalue weighted by Crippen LogP contribution is -1.94. The van der Waals surface area contributed by atoms with Crippen LogP contribution in [0.2, 0.25) is 0 Å². The van der Waals surface area contributed by atoms with Gasteiger partial charge in [0.05, 0.1) is 0 Å². The molecule has 0 heteroatoms. The third-order valence-corrected chi connectivity index (χ3v) is 2.64. The molecule has 76 valence electrons. The molecule has 0 aromatic rings. The lowest BCUT2D eigenvalue weighted by molar-refractivity contribution is 0.539. The minimum Gasteiger partial charge on any atom is -0.103 e. The zero-order valence-electron chi connectivity index (χ0n) is 9.31. The van der Waals surface area contributed by atoms with E-state index in [1.807, 2.05) is 6.08 Å². The van der Waals surface area contributed by atoms with Crippen molar-refractivity contribution >= 4 is 0 Å². The van der Waals surface area contributed by atoms with E-state index in [2.05, 4.69) is 27.0 Å². The van der Waals surface area contributed by atoms with E-state index in [4.69, 9.17) is 0 Å². The fraction of sp³-hybridized carbons (Fsp3) is 0.692. The summed E-state index contributed by atoms with van der Waals surface area (Å²) in [6, 6.07) is 0. The first-order valence-electron chi connectivity index (χ1n) is 5.44. The van der Waals surface area contributed by atoms with E-state index >= 15 is 0 Å². The van der Waals surface area contributed by atoms with Crippen LogP contribution in [0, 0.1) is 5.92 Å². The van der Waals surface area contributed by atoms with Crippen LogP contribution in [-0.2, 0) is 0 Å². The largest absolute Gasteiger partial charge is 0.103 e. The number of rotatable bonds is 8. The van der Waals surface area contributed by atoms with Gasteiger partial charge in [0, 0.05) is 0 Å². The van der Waals surface area contributed by atoms with Gasteiger partial charge in [0.1, 0.15) is 0 Å². The van der Waals surface area contributed by atoms with Crippen LogP contribution in [0.1, 0.15) is 52.4 Å². The zero-order valence-corrected chi connectivity index (χ0v) is 9.31. The zero-order chi connectivity index (χ0) is 10.1. The Balaban J connectivity index is 3.15. The van der Waals surface area contributed by atoms with Gasteiger partial charge in [0.2, 0.25) is 0 Å². The number of allylic oxidation sites excluding steroid dienone is 2. The minimum atomic E-state index is 0.708. The maximum absolute atomic E-state index is 3.97. The van der Waals surface area contributed by atoms with E-state index in [1.54, 1.807) is 0 Å². The van der Waals surface area contributed by atoms with E-state index in [9.17, 15) is 0 Å². The summed E-state index contributed by atoms with van der Waals surface area (Å²) in [5, 5.41) is 0. The summed E-state index contributed by atoms with van der Waals surface area (Å²) in [7, 11) is 0. The third kappa shape index (κ3) is 7.83. The van der Waals surface area contributed by atoms with Gasteiger partial charge in [0.15, 0.2) is 0 Å². The van der Waals surface area contributed by atoms with Gasteiger partial charge in [-0.05, 0) is 32.1 Å². The first kappa shape index (κ1) is 12.5. The molecule has 0 radical (unpaired) electrons. The Morgan fingerprint density at radius 1 is 1.23 bits per heavy atom. The van der Waals surface area contributed by atoms with Crippen molar-refractivity contribution < 1.29 is 0 Å². The van der Waals surface area contributed by atoms with Gasteiger partial charge < -0.3 is 0 Å². The predicted octanol–water partition coefficient (Wildman–Crippen LogP) is 4.73. The summed E-state index contributed by atoms with van der Waals surface area (Å²) in [5.41, 5.74) is 1.33. The Labute approximate surface area is 83.7 Å². The molecule has 0 rings (SSSR count). The predicted molar refractivity (Wildman–Crippen MR) is 61.9 cm³/mol. The van der Waals surface area contributed by atoms with Crippen LogP contribution in [0.3, 0.4) is 0 Å². The van der Waals surface area contributed by atoms with Crippen molar-refractivity contribution in [1.82, 2.24) is 0 Å². The average molecular weight is 180 g/mol. The van der Waals surface area contributed by atoms with Crippen molar-refractivity contribution in [2.45, 2.75) is 52.4 Å². The minimum absolute atomic E-state index is 0.708. The van der Waals surface area contributed by atoms with Crippen molar-refractivity contribution in [2.24, 2.45) is 5.92 Å². The molecule has 0 bridgehead atoms. The van der Waals surface area contributed by atoms with Gasteiger partial charge in [-0.25, -0.2) is 0 Å². The maximum atomic E-state index is 3.97. The fourth-order valence-electron chi connectivity index (χ4n) is 1.34. The number of hydrogen-bond donors (Lipinski definition) is 0. The maximum Gasteiger partial charge on any atom is -0.0237 e. The van der Waals surface area contributed by atoms with Crippen molar-refractivity contribution in [3.8, 4) is 0 Å². The van der Waals surface area contributed by atoms with E-state index in [-0.39, 0.29) is 0 Å². The SMILES string of the molecule is C=CCCCCCCC(C)C(=C)C. The van der Waals surface area contributed by atoms with Gasteiger partial charge in [0.25, 0.3) is 0 Å². The molecule has 0 fully saturated rings. The molecule has 0 aliphatic rings. The first-order chi connectivity index (χ1) is 6.18. The molecule has 0 aliphatic heterocycles. The van der Waals surface area contributed by atoms with Gasteiger partial charge in [-0.15, -0.1) is 6.58 Å². The summed E-state index contributed by atoms with van der Waals surface area (Å²) < 4.78 is 0. The molecule has 0 nitrogen and oxygen atoms in total. The second-order valence-electron chi connectivity index (χ2n) is 4.03. The molecule has 0 spiro atoms. The molecule has 0 N–H and O–H groups in total. The van der Waals surface area contributed by atoms with Crippen molar-refractivity contribution in [1.29, 1.82) is 0 Å². The molecule has 1 unspecified atom stereocenters. The van der Waals surface area contributed by atoms with Crippen LogP contribution in [0.4, 0.5) is 0 Å². The average Bonchev–Trinajstić information content (AvgIpc) is 2.10. The van der Waals surface area contributed by atoms with Gasteiger partial charge in [-0.3, -0.25) is 0 Å². The molecular weight excluding hydrogens is 156 g/mol. The molecule has 13 heavy (non-hydrogen) atoms. The second kappa shape index (κ2) is 8.10. The van der Waals surface area contributed by atoms with E-state index < -0.39 is 0 Å². The normalized spacial score (nSPS) is 12.5. The van der Waals surface area contributed by atoms with Crippen molar-refractivity contribution in [2.75, 3.05) is 0 Å². The molecule has 0 aromatic carbocycles. The van der Waals surface area contributed by atoms with Gasteiger partial charge in [-0.2, -0.15) is 0 Å². The molecular formula is C13H24. The monoisotopic (exact) mass is 180 g/mol. The van der Waals surface area contributed by atoms with Crippen LogP contribution in [0.25, 0.3) is 0 Å². The van der Waals surface area contributed by atoms with Crippen LogP contribution < -0.4 is 0 Å². The molecule has 0 saturated heterocycles. The highest BCUT2D eigenvalue weighted by Gasteiger charge is 2.00. The standard InChI is InChI=1S/C13H24/c1-5-6-7-8-9-10-11-13(4)12(2)3/h5,13H,1-2,6-11H2,3-4H3. The number of unbranched alkanes of at least 4 members (excludes halogenated alkanes) is 4. The first-order valence-corrected chi connectivity index (χ1v) is 5.44. The third-order valence-electron chi connectivity index (χ3n) is 2.64. The van der Waals surface area contributed by atoms with Gasteiger partial charge >= 0.3 is 0 Å². The molecule has 0 aliphatic carbocycles. The summed E-state index contributed by atoms with van der Waals surface area (Å²) >= 11 is 0. The quantitative estimate of drug-likeness (QED) is 0.374. The Bertz CT molecular complexity index is 144. The van der Waals surface area contributed by atoms with Crippen molar-refractivity contribution in [3.05, 3.63) is 24.8 Å².